The summed E-state index contributed by atoms with van der Waals surface area (Å²) in [6.07, 6.45) is 6.43. The first kappa shape index (κ1) is 20.0. The number of hydrogen-bond donors (Lipinski definition) is 2. The quantitative estimate of drug-likeness (QED) is 0.726. The third-order valence-electron chi connectivity index (χ3n) is 5.75. The number of nitrogens with zero attached hydrogens (tertiary/aromatic N) is 2. The first-order valence-corrected chi connectivity index (χ1v) is 11.5. The Morgan fingerprint density at radius 3 is 2.72 bits per heavy atom. The molecule has 7 nitrogen and oxygen atoms in total. The summed E-state index contributed by atoms with van der Waals surface area (Å²) in [4.78, 5) is 12.8. The van der Waals surface area contributed by atoms with E-state index in [2.05, 4.69) is 15.5 Å². The first-order valence-electron chi connectivity index (χ1n) is 10.1. The Hall–Kier alpha value is -2.26. The van der Waals surface area contributed by atoms with Gasteiger partial charge in [-0.2, -0.15) is 9.40 Å². The van der Waals surface area contributed by atoms with E-state index < -0.39 is 21.9 Å². The maximum absolute atomic E-state index is 13.2. The Morgan fingerprint density at radius 2 is 1.93 bits per heavy atom. The summed E-state index contributed by atoms with van der Waals surface area (Å²) >= 11 is 0. The van der Waals surface area contributed by atoms with Gasteiger partial charge in [-0.25, -0.2) is 12.8 Å². The van der Waals surface area contributed by atoms with Gasteiger partial charge in [0.25, 0.3) is 0 Å². The highest BCUT2D eigenvalue weighted by Gasteiger charge is 2.39. The minimum atomic E-state index is -3.86. The van der Waals surface area contributed by atoms with Gasteiger partial charge in [-0.1, -0.05) is 6.42 Å². The van der Waals surface area contributed by atoms with Crippen molar-refractivity contribution in [2.24, 2.45) is 0 Å². The number of carbonyl (C=O) groups is 1. The van der Waals surface area contributed by atoms with Crippen molar-refractivity contribution in [1.82, 2.24) is 19.8 Å². The van der Waals surface area contributed by atoms with Crippen molar-refractivity contribution in [3.63, 3.8) is 0 Å². The summed E-state index contributed by atoms with van der Waals surface area (Å²) in [5, 5.41) is 10.3. The Kier molecular flexibility index (Phi) is 5.69. The minimum absolute atomic E-state index is 0.00350. The molecule has 1 atom stereocenters. The fourth-order valence-corrected chi connectivity index (χ4v) is 5.85. The van der Waals surface area contributed by atoms with Gasteiger partial charge in [0.1, 0.15) is 11.9 Å². The Balaban J connectivity index is 1.46. The Morgan fingerprint density at radius 1 is 1.17 bits per heavy atom. The lowest BCUT2D eigenvalue weighted by Gasteiger charge is -2.23. The third-order valence-corrected chi connectivity index (χ3v) is 7.67. The Bertz CT molecular complexity index is 988. The van der Waals surface area contributed by atoms with E-state index in [1.165, 1.54) is 28.4 Å². The highest BCUT2D eigenvalue weighted by atomic mass is 32.2. The second-order valence-electron chi connectivity index (χ2n) is 7.63. The summed E-state index contributed by atoms with van der Waals surface area (Å²) < 4.78 is 40.2. The normalized spacial score (nSPS) is 20.2. The van der Waals surface area contributed by atoms with Crippen LogP contribution in [-0.4, -0.2) is 41.4 Å². The number of aromatic nitrogens is 2. The zero-order valence-corrected chi connectivity index (χ0v) is 17.0. The number of amides is 1. The molecule has 156 valence electrons. The molecule has 4 rings (SSSR count). The molecule has 0 saturated carbocycles. The molecule has 29 heavy (non-hydrogen) atoms. The van der Waals surface area contributed by atoms with Gasteiger partial charge in [-0.3, -0.25) is 9.89 Å². The van der Waals surface area contributed by atoms with Gasteiger partial charge in [0.2, 0.25) is 15.9 Å². The molecule has 1 fully saturated rings. The molecule has 1 aliphatic carbocycles. The summed E-state index contributed by atoms with van der Waals surface area (Å²) in [6, 6.07) is 3.93. The van der Waals surface area contributed by atoms with Gasteiger partial charge in [0.05, 0.1) is 17.1 Å². The van der Waals surface area contributed by atoms with Gasteiger partial charge in [-0.05, 0) is 68.4 Å². The van der Waals surface area contributed by atoms with E-state index in [9.17, 15) is 17.6 Å². The van der Waals surface area contributed by atoms with E-state index in [0.717, 1.165) is 49.2 Å². The fourth-order valence-electron chi connectivity index (χ4n) is 4.19. The second kappa shape index (κ2) is 8.23. The van der Waals surface area contributed by atoms with Crippen LogP contribution >= 0.6 is 0 Å². The average Bonchev–Trinajstić information content (AvgIpc) is 3.29. The van der Waals surface area contributed by atoms with Crippen LogP contribution in [0, 0.1) is 5.82 Å². The summed E-state index contributed by atoms with van der Waals surface area (Å²) in [5.41, 5.74) is 3.17. The van der Waals surface area contributed by atoms with E-state index >= 15 is 0 Å². The predicted molar refractivity (Wildman–Crippen MR) is 105 cm³/mol. The maximum Gasteiger partial charge on any atom is 0.243 e. The second-order valence-corrected chi connectivity index (χ2v) is 9.52. The van der Waals surface area contributed by atoms with Crippen molar-refractivity contribution in [1.29, 1.82) is 0 Å². The molecule has 2 aromatic rings. The molecule has 1 amide bonds. The zero-order chi connectivity index (χ0) is 20.4. The molecule has 2 heterocycles. The highest BCUT2D eigenvalue weighted by molar-refractivity contribution is 7.89. The lowest BCUT2D eigenvalue weighted by molar-refractivity contribution is -0.124. The molecule has 1 aromatic carbocycles. The van der Waals surface area contributed by atoms with E-state index in [1.807, 2.05) is 0 Å². The van der Waals surface area contributed by atoms with Crippen LogP contribution in [0.4, 0.5) is 4.39 Å². The molecule has 0 spiro atoms. The average molecular weight is 421 g/mol. The number of fused-ring (bicyclic) bond motifs is 1. The highest BCUT2D eigenvalue weighted by Crippen LogP contribution is 2.27. The van der Waals surface area contributed by atoms with Crippen molar-refractivity contribution in [2.45, 2.75) is 62.4 Å². The van der Waals surface area contributed by atoms with Crippen molar-refractivity contribution in [2.75, 3.05) is 6.54 Å². The fraction of sp³-hybridized carbons (Fsp3) is 0.500. The van der Waals surface area contributed by atoms with Gasteiger partial charge >= 0.3 is 0 Å². The third kappa shape index (κ3) is 4.06. The van der Waals surface area contributed by atoms with Gasteiger partial charge in [-0.15, -0.1) is 0 Å². The van der Waals surface area contributed by atoms with E-state index in [1.54, 1.807) is 0 Å². The van der Waals surface area contributed by atoms with Crippen LogP contribution < -0.4 is 5.32 Å². The van der Waals surface area contributed by atoms with Crippen LogP contribution in [0.2, 0.25) is 0 Å². The smallest absolute Gasteiger partial charge is 0.243 e. The lowest BCUT2D eigenvalue weighted by Crippen LogP contribution is -2.45. The van der Waals surface area contributed by atoms with Crippen molar-refractivity contribution in [3.8, 4) is 0 Å². The van der Waals surface area contributed by atoms with Crippen molar-refractivity contribution >= 4 is 15.9 Å². The standard InChI is InChI=1S/C20H25FN4O3S/c21-14-8-10-15(11-9-14)29(27,28)25-12-4-7-19(25)20(26)22-13-18-16-5-2-1-3-6-17(16)23-24-18/h8-11,19H,1-7,12-13H2,(H,22,26)(H,23,24)/t19-/m0/s1. The number of rotatable bonds is 5. The van der Waals surface area contributed by atoms with Crippen LogP contribution in [0.3, 0.4) is 0 Å². The minimum Gasteiger partial charge on any atom is -0.349 e. The number of benzene rings is 1. The SMILES string of the molecule is O=C(NCc1n[nH]c2c1CCCCC2)[C@@H]1CCCN1S(=O)(=O)c1ccc(F)cc1. The summed E-state index contributed by atoms with van der Waals surface area (Å²) in [6.45, 7) is 0.557. The molecular weight excluding hydrogens is 395 g/mol. The maximum atomic E-state index is 13.2. The molecule has 2 N–H and O–H groups in total. The van der Waals surface area contributed by atoms with Crippen molar-refractivity contribution < 1.29 is 17.6 Å². The van der Waals surface area contributed by atoms with Crippen LogP contribution in [0.15, 0.2) is 29.2 Å². The molecule has 2 aliphatic rings. The number of nitrogens with one attached hydrogen (secondary N) is 2. The van der Waals surface area contributed by atoms with Gasteiger partial charge in [0, 0.05) is 12.2 Å². The number of carbonyl (C=O) groups excluding carboxylic acids is 1. The zero-order valence-electron chi connectivity index (χ0n) is 16.2. The molecular formula is C20H25FN4O3S. The molecule has 0 radical (unpaired) electrons. The number of hydrogen-bond acceptors (Lipinski definition) is 4. The number of sulfonamides is 1. The molecule has 9 heteroatoms. The van der Waals surface area contributed by atoms with Crippen LogP contribution in [0.25, 0.3) is 0 Å². The molecule has 1 aliphatic heterocycles. The Labute approximate surface area is 169 Å². The monoisotopic (exact) mass is 420 g/mol. The van der Waals surface area contributed by atoms with Crippen LogP contribution in [0.5, 0.6) is 0 Å². The van der Waals surface area contributed by atoms with Gasteiger partial charge < -0.3 is 5.32 Å². The molecule has 0 bridgehead atoms. The number of aryl methyl sites for hydroxylation is 1. The summed E-state index contributed by atoms with van der Waals surface area (Å²) in [7, 11) is -3.86. The lowest BCUT2D eigenvalue weighted by atomic mass is 10.1. The molecule has 1 aromatic heterocycles. The van der Waals surface area contributed by atoms with Crippen molar-refractivity contribution in [3.05, 3.63) is 47.0 Å². The number of aromatic amines is 1. The van der Waals surface area contributed by atoms with E-state index in [4.69, 9.17) is 0 Å². The van der Waals surface area contributed by atoms with E-state index in [0.29, 0.717) is 12.8 Å². The number of H-pyrrole nitrogens is 1. The predicted octanol–water partition coefficient (Wildman–Crippen LogP) is 2.29. The van der Waals surface area contributed by atoms with E-state index in [-0.39, 0.29) is 23.9 Å². The molecule has 1 saturated heterocycles. The molecule has 0 unspecified atom stereocenters. The number of halogens is 1. The largest absolute Gasteiger partial charge is 0.349 e. The van der Waals surface area contributed by atoms with Crippen LogP contribution in [0.1, 0.15) is 49.1 Å². The summed E-state index contributed by atoms with van der Waals surface area (Å²) in [5.74, 6) is -0.823. The van der Waals surface area contributed by atoms with Crippen LogP contribution in [-0.2, 0) is 34.2 Å². The van der Waals surface area contributed by atoms with Gasteiger partial charge in [0.15, 0.2) is 0 Å². The first-order chi connectivity index (χ1) is 14.0. The topological polar surface area (TPSA) is 95.2 Å².